The van der Waals surface area contributed by atoms with Crippen molar-refractivity contribution >= 4 is 11.9 Å². The second-order valence-corrected chi connectivity index (χ2v) is 6.28. The van der Waals surface area contributed by atoms with Gasteiger partial charge in [-0.15, -0.1) is 0 Å². The quantitative estimate of drug-likeness (QED) is 0.680. The van der Waals surface area contributed by atoms with Crippen molar-refractivity contribution in [2.24, 2.45) is 0 Å². The van der Waals surface area contributed by atoms with Crippen LogP contribution >= 0.6 is 0 Å². The smallest absolute Gasteiger partial charge is 0.338 e. The zero-order valence-corrected chi connectivity index (χ0v) is 16.5. The fourth-order valence-electron chi connectivity index (χ4n) is 2.83. The van der Waals surface area contributed by atoms with Crippen LogP contribution in [0.5, 0.6) is 23.0 Å². The van der Waals surface area contributed by atoms with Crippen LogP contribution in [0.25, 0.3) is 0 Å². The molecule has 3 rings (SSSR count). The molecule has 0 saturated heterocycles. The van der Waals surface area contributed by atoms with Crippen LogP contribution in [0, 0.1) is 0 Å². The highest BCUT2D eigenvalue weighted by molar-refractivity contribution is 5.92. The summed E-state index contributed by atoms with van der Waals surface area (Å²) in [6, 6.07) is 9.85. The molecule has 0 saturated carbocycles. The Morgan fingerprint density at radius 3 is 2.66 bits per heavy atom. The maximum atomic E-state index is 12.2. The van der Waals surface area contributed by atoms with Gasteiger partial charge in [0.2, 0.25) is 6.79 Å². The Balaban J connectivity index is 1.54. The van der Waals surface area contributed by atoms with E-state index in [1.165, 1.54) is 13.2 Å². The first-order valence-corrected chi connectivity index (χ1v) is 9.18. The number of carbonyl (C=O) groups is 2. The number of fused-ring (bicyclic) bond motifs is 1. The number of hydrogen-bond acceptors (Lipinski definition) is 7. The lowest BCUT2D eigenvalue weighted by Crippen LogP contribution is -2.31. The van der Waals surface area contributed by atoms with Crippen molar-refractivity contribution in [3.8, 4) is 23.0 Å². The van der Waals surface area contributed by atoms with E-state index < -0.39 is 18.5 Å². The Morgan fingerprint density at radius 2 is 1.90 bits per heavy atom. The molecule has 0 aliphatic carbocycles. The zero-order valence-electron chi connectivity index (χ0n) is 16.5. The van der Waals surface area contributed by atoms with Crippen molar-refractivity contribution < 1.29 is 33.3 Å². The molecule has 1 heterocycles. The van der Waals surface area contributed by atoms with Crippen molar-refractivity contribution in [2.45, 2.75) is 19.9 Å². The van der Waals surface area contributed by atoms with Gasteiger partial charge in [0.05, 0.1) is 25.3 Å². The first kappa shape index (κ1) is 20.3. The molecule has 1 atom stereocenters. The summed E-state index contributed by atoms with van der Waals surface area (Å²) in [5.74, 6) is 1.22. The molecule has 1 aliphatic heterocycles. The predicted octanol–water partition coefficient (Wildman–Crippen LogP) is 2.86. The molecule has 0 unspecified atom stereocenters. The van der Waals surface area contributed by atoms with Gasteiger partial charge < -0.3 is 29.0 Å². The number of ether oxygens (including phenoxy) is 5. The van der Waals surface area contributed by atoms with Crippen LogP contribution in [0.4, 0.5) is 0 Å². The van der Waals surface area contributed by atoms with E-state index in [0.29, 0.717) is 29.6 Å². The van der Waals surface area contributed by atoms with Gasteiger partial charge in [-0.3, -0.25) is 4.79 Å². The molecule has 0 fully saturated rings. The normalized spacial score (nSPS) is 12.8. The summed E-state index contributed by atoms with van der Waals surface area (Å²) >= 11 is 0. The maximum absolute atomic E-state index is 12.2. The van der Waals surface area contributed by atoms with Crippen molar-refractivity contribution in [3.63, 3.8) is 0 Å². The number of esters is 1. The lowest BCUT2D eigenvalue weighted by molar-refractivity contribution is -0.124. The molecule has 0 radical (unpaired) electrons. The third kappa shape index (κ3) is 4.90. The van der Waals surface area contributed by atoms with Gasteiger partial charge in [0, 0.05) is 0 Å². The molecule has 2 aromatic rings. The molecule has 8 heteroatoms. The molecule has 2 aromatic carbocycles. The topological polar surface area (TPSA) is 92.3 Å². The summed E-state index contributed by atoms with van der Waals surface area (Å²) in [5, 5.41) is 2.79. The molecule has 0 bridgehead atoms. The monoisotopic (exact) mass is 401 g/mol. The summed E-state index contributed by atoms with van der Waals surface area (Å²) in [7, 11) is 1.48. The molecule has 1 amide bonds. The summed E-state index contributed by atoms with van der Waals surface area (Å²) < 4.78 is 26.4. The predicted molar refractivity (Wildman–Crippen MR) is 104 cm³/mol. The first-order valence-electron chi connectivity index (χ1n) is 9.18. The first-order chi connectivity index (χ1) is 14.0. The second kappa shape index (κ2) is 9.18. The van der Waals surface area contributed by atoms with E-state index in [4.69, 9.17) is 23.7 Å². The summed E-state index contributed by atoms with van der Waals surface area (Å²) in [6.07, 6.45) is 0. The molecular weight excluding hydrogens is 378 g/mol. The third-order valence-electron chi connectivity index (χ3n) is 4.31. The average molecular weight is 401 g/mol. The van der Waals surface area contributed by atoms with Gasteiger partial charge in [0.15, 0.2) is 29.6 Å². The highest BCUT2D eigenvalue weighted by Crippen LogP contribution is 2.34. The Morgan fingerprint density at radius 1 is 1.10 bits per heavy atom. The fraction of sp³-hybridized carbons (Fsp3) is 0.333. The standard InChI is InChI=1S/C21H23NO7/c1-4-26-16-8-6-15(10-18(16)25-3)21(24)27-11-20(23)22-13(2)14-5-7-17-19(9-14)29-12-28-17/h5-10,13H,4,11-12H2,1-3H3,(H,22,23)/t13-/m1/s1. The van der Waals surface area contributed by atoms with E-state index in [0.717, 1.165) is 5.56 Å². The van der Waals surface area contributed by atoms with Crippen LogP contribution in [-0.2, 0) is 9.53 Å². The number of carbonyl (C=O) groups excluding carboxylic acids is 2. The van der Waals surface area contributed by atoms with Crippen LogP contribution in [0.3, 0.4) is 0 Å². The van der Waals surface area contributed by atoms with Gasteiger partial charge in [-0.1, -0.05) is 6.07 Å². The van der Waals surface area contributed by atoms with Crippen LogP contribution in [0.2, 0.25) is 0 Å². The van der Waals surface area contributed by atoms with Gasteiger partial charge in [0.1, 0.15) is 0 Å². The molecule has 8 nitrogen and oxygen atoms in total. The number of benzene rings is 2. The van der Waals surface area contributed by atoms with Gasteiger partial charge in [-0.25, -0.2) is 4.79 Å². The van der Waals surface area contributed by atoms with Crippen LogP contribution < -0.4 is 24.3 Å². The van der Waals surface area contributed by atoms with E-state index in [2.05, 4.69) is 5.32 Å². The minimum absolute atomic E-state index is 0.186. The highest BCUT2D eigenvalue weighted by Gasteiger charge is 2.18. The third-order valence-corrected chi connectivity index (χ3v) is 4.31. The number of rotatable bonds is 8. The van der Waals surface area contributed by atoms with Crippen molar-refractivity contribution in [2.75, 3.05) is 27.1 Å². The van der Waals surface area contributed by atoms with Crippen molar-refractivity contribution in [3.05, 3.63) is 47.5 Å². The van der Waals surface area contributed by atoms with Crippen molar-refractivity contribution in [1.29, 1.82) is 0 Å². The Kier molecular flexibility index (Phi) is 6.43. The van der Waals surface area contributed by atoms with Crippen LogP contribution in [0.15, 0.2) is 36.4 Å². The molecular formula is C21H23NO7. The molecule has 0 spiro atoms. The average Bonchev–Trinajstić information content (AvgIpc) is 3.20. The SMILES string of the molecule is CCOc1ccc(C(=O)OCC(=O)N[C@H](C)c2ccc3c(c2)OCO3)cc1OC. The Labute approximate surface area is 168 Å². The fourth-order valence-corrected chi connectivity index (χ4v) is 2.83. The molecule has 1 aliphatic rings. The number of methoxy groups -OCH3 is 1. The molecule has 0 aromatic heterocycles. The number of amides is 1. The minimum Gasteiger partial charge on any atom is -0.493 e. The summed E-state index contributed by atoms with van der Waals surface area (Å²) in [6.45, 7) is 3.94. The van der Waals surface area contributed by atoms with Crippen LogP contribution in [0.1, 0.15) is 35.8 Å². The molecule has 1 N–H and O–H groups in total. The minimum atomic E-state index is -0.628. The Bertz CT molecular complexity index is 897. The molecule has 29 heavy (non-hydrogen) atoms. The zero-order chi connectivity index (χ0) is 20.8. The van der Waals surface area contributed by atoms with Gasteiger partial charge >= 0.3 is 5.97 Å². The molecule has 154 valence electrons. The van der Waals surface area contributed by atoms with E-state index in [1.807, 2.05) is 26.0 Å². The van der Waals surface area contributed by atoms with Crippen LogP contribution in [-0.4, -0.2) is 39.0 Å². The van der Waals surface area contributed by atoms with E-state index in [-0.39, 0.29) is 18.4 Å². The summed E-state index contributed by atoms with van der Waals surface area (Å²) in [4.78, 5) is 24.4. The largest absolute Gasteiger partial charge is 0.493 e. The van der Waals surface area contributed by atoms with Crippen molar-refractivity contribution in [1.82, 2.24) is 5.32 Å². The number of nitrogens with one attached hydrogen (secondary N) is 1. The maximum Gasteiger partial charge on any atom is 0.338 e. The Hall–Kier alpha value is -3.42. The van der Waals surface area contributed by atoms with Gasteiger partial charge in [-0.2, -0.15) is 0 Å². The lowest BCUT2D eigenvalue weighted by atomic mass is 10.1. The van der Waals surface area contributed by atoms with Gasteiger partial charge in [-0.05, 0) is 49.7 Å². The van der Waals surface area contributed by atoms with E-state index in [1.54, 1.807) is 18.2 Å². The van der Waals surface area contributed by atoms with Gasteiger partial charge in [0.25, 0.3) is 5.91 Å². The number of hydrogen-bond donors (Lipinski definition) is 1. The van der Waals surface area contributed by atoms with E-state index in [9.17, 15) is 9.59 Å². The van der Waals surface area contributed by atoms with E-state index >= 15 is 0 Å². The summed E-state index contributed by atoms with van der Waals surface area (Å²) in [5.41, 5.74) is 1.12. The second-order valence-electron chi connectivity index (χ2n) is 6.28. The highest BCUT2D eigenvalue weighted by atomic mass is 16.7. The lowest BCUT2D eigenvalue weighted by Gasteiger charge is -2.15.